The number of carbonyl (C=O) groups is 2. The van der Waals surface area contributed by atoms with Gasteiger partial charge in [0.1, 0.15) is 0 Å². The number of rotatable bonds is 2. The second-order valence-electron chi connectivity index (χ2n) is 3.75. The van der Waals surface area contributed by atoms with E-state index >= 15 is 0 Å². The first-order chi connectivity index (χ1) is 10.6. The molecule has 22 heavy (non-hydrogen) atoms. The van der Waals surface area contributed by atoms with Crippen LogP contribution in [0, 0.1) is 0 Å². The summed E-state index contributed by atoms with van der Waals surface area (Å²) in [6.07, 6.45) is 0. The summed E-state index contributed by atoms with van der Waals surface area (Å²) in [5.41, 5.74) is 10.7. The molecule has 112 valence electrons. The Morgan fingerprint density at radius 2 is 0.955 bits per heavy atom. The second-order valence-corrected chi connectivity index (χ2v) is 3.75. The van der Waals surface area contributed by atoms with Crippen LogP contribution in [0.1, 0.15) is 0 Å². The summed E-state index contributed by atoms with van der Waals surface area (Å²) < 4.78 is 0. The summed E-state index contributed by atoms with van der Waals surface area (Å²) in [6.45, 7) is 0. The van der Waals surface area contributed by atoms with Crippen molar-refractivity contribution in [3.63, 3.8) is 0 Å². The molecule has 2 aromatic carbocycles. The Bertz CT molecular complexity index is 596. The van der Waals surface area contributed by atoms with Crippen molar-refractivity contribution in [1.82, 2.24) is 0 Å². The zero-order valence-electron chi connectivity index (χ0n) is 11.5. The van der Waals surface area contributed by atoms with E-state index in [1.165, 1.54) is 0 Å². The fourth-order valence-electron chi connectivity index (χ4n) is 1.20. The van der Waals surface area contributed by atoms with Gasteiger partial charge in [0.25, 0.3) is 0 Å². The van der Waals surface area contributed by atoms with Crippen LogP contribution in [0.2, 0.25) is 0 Å². The molecule has 0 bridgehead atoms. The first kappa shape index (κ1) is 16.6. The summed E-state index contributed by atoms with van der Waals surface area (Å²) in [4.78, 5) is 20.3. The van der Waals surface area contributed by atoms with Crippen LogP contribution < -0.4 is 11.5 Å². The van der Waals surface area contributed by atoms with Gasteiger partial charge in [-0.2, -0.15) is 0 Å². The summed E-state index contributed by atoms with van der Waals surface area (Å²) >= 11 is 0. The quantitative estimate of drug-likeness (QED) is 0.817. The first-order valence-electron chi connectivity index (χ1n) is 6.10. The molecule has 4 N–H and O–H groups in total. The fourth-order valence-corrected chi connectivity index (χ4v) is 1.20. The topological polar surface area (TPSA) is 136 Å². The molecule has 0 aliphatic rings. The van der Waals surface area contributed by atoms with Gasteiger partial charge in [0.15, 0.2) is 0 Å². The van der Waals surface area contributed by atoms with Crippen molar-refractivity contribution in [1.29, 1.82) is 0 Å². The molecule has 4 amide bonds. The van der Waals surface area contributed by atoms with Crippen molar-refractivity contribution in [2.45, 2.75) is 0 Å². The molecule has 0 fully saturated rings. The third-order valence-electron chi connectivity index (χ3n) is 2.04. The van der Waals surface area contributed by atoms with Crippen LogP contribution >= 0.6 is 0 Å². The summed E-state index contributed by atoms with van der Waals surface area (Å²) in [5, 5.41) is 13.4. The van der Waals surface area contributed by atoms with Gasteiger partial charge >= 0.3 is 12.1 Å². The van der Waals surface area contributed by atoms with E-state index in [1.54, 1.807) is 48.5 Å². The number of hydrogen-bond acceptors (Lipinski definition) is 4. The Hall–Kier alpha value is -3.42. The number of urea groups is 2. The Kier molecular flexibility index (Phi) is 7.17. The molecule has 0 saturated heterocycles. The fraction of sp³-hybridized carbons (Fsp3) is 0. The normalized spacial score (nSPS) is 10.2. The molecule has 8 nitrogen and oxygen atoms in total. The number of azo groups is 2. The molecule has 0 saturated carbocycles. The summed E-state index contributed by atoms with van der Waals surface area (Å²) in [7, 11) is 0. The lowest BCUT2D eigenvalue weighted by Crippen LogP contribution is -2.01. The highest BCUT2D eigenvalue weighted by molar-refractivity contribution is 5.72. The van der Waals surface area contributed by atoms with Gasteiger partial charge in [-0.15, -0.1) is 10.2 Å². The molecule has 8 heteroatoms. The lowest BCUT2D eigenvalue weighted by Gasteiger charge is -1.86. The maximum Gasteiger partial charge on any atom is 0.356 e. The number of nitrogens with two attached hydrogens (primary N) is 2. The van der Waals surface area contributed by atoms with Crippen molar-refractivity contribution in [3.05, 3.63) is 60.7 Å². The molecule has 0 spiro atoms. The van der Waals surface area contributed by atoms with Gasteiger partial charge in [0, 0.05) is 0 Å². The predicted molar refractivity (Wildman–Crippen MR) is 81.1 cm³/mol. The lowest BCUT2D eigenvalue weighted by atomic mass is 10.3. The number of carbonyl (C=O) groups excluding carboxylic acids is 2. The molecule has 0 aliphatic heterocycles. The molecular formula is C14H14N6O2. The first-order valence-corrected chi connectivity index (χ1v) is 6.10. The van der Waals surface area contributed by atoms with Crippen molar-refractivity contribution >= 4 is 23.4 Å². The van der Waals surface area contributed by atoms with E-state index in [9.17, 15) is 9.59 Å². The highest BCUT2D eigenvalue weighted by Crippen LogP contribution is 2.10. The van der Waals surface area contributed by atoms with E-state index in [2.05, 4.69) is 20.5 Å². The Balaban J connectivity index is 0.000000220. The molecule has 2 aromatic rings. The van der Waals surface area contributed by atoms with E-state index in [1.807, 2.05) is 12.1 Å². The average molecular weight is 298 g/mol. The Morgan fingerprint density at radius 3 is 1.23 bits per heavy atom. The van der Waals surface area contributed by atoms with Gasteiger partial charge < -0.3 is 11.5 Å². The highest BCUT2D eigenvalue weighted by Gasteiger charge is 1.87. The van der Waals surface area contributed by atoms with Crippen LogP contribution in [0.15, 0.2) is 81.1 Å². The number of primary amides is 2. The highest BCUT2D eigenvalue weighted by atomic mass is 16.2. The van der Waals surface area contributed by atoms with Crippen LogP contribution in [0.4, 0.5) is 21.0 Å². The maximum atomic E-state index is 10.1. The van der Waals surface area contributed by atoms with E-state index in [0.717, 1.165) is 0 Å². The number of benzene rings is 2. The smallest absolute Gasteiger partial charge is 0.348 e. The predicted octanol–water partition coefficient (Wildman–Crippen LogP) is 3.70. The molecule has 0 heterocycles. The van der Waals surface area contributed by atoms with Crippen LogP contribution in [-0.2, 0) is 0 Å². The lowest BCUT2D eigenvalue weighted by molar-refractivity contribution is 0.254. The number of nitrogens with zero attached hydrogens (tertiary/aromatic N) is 4. The maximum absolute atomic E-state index is 10.1. The van der Waals surface area contributed by atoms with Crippen LogP contribution in [0.5, 0.6) is 0 Å². The summed E-state index contributed by atoms with van der Waals surface area (Å²) in [5.74, 6) is 0. The third kappa shape index (κ3) is 7.89. The van der Waals surface area contributed by atoms with E-state index < -0.39 is 12.1 Å². The van der Waals surface area contributed by atoms with Crippen molar-refractivity contribution in [2.75, 3.05) is 0 Å². The van der Waals surface area contributed by atoms with Crippen molar-refractivity contribution in [3.8, 4) is 0 Å². The van der Waals surface area contributed by atoms with Crippen LogP contribution in [0.25, 0.3) is 0 Å². The van der Waals surface area contributed by atoms with Gasteiger partial charge in [-0.3, -0.25) is 0 Å². The molecular weight excluding hydrogens is 284 g/mol. The standard InChI is InChI=1S/2C7H7N3O/c2*8-7(11)10-9-6-4-2-1-3-5-6/h2*1-5H,(H2,8,11). The molecule has 0 radical (unpaired) electrons. The van der Waals surface area contributed by atoms with Gasteiger partial charge in [0.05, 0.1) is 11.4 Å². The number of amides is 4. The van der Waals surface area contributed by atoms with Gasteiger partial charge in [-0.1, -0.05) is 46.6 Å². The van der Waals surface area contributed by atoms with Crippen LogP contribution in [-0.4, -0.2) is 12.1 Å². The largest absolute Gasteiger partial charge is 0.356 e. The number of hydrogen-bond donors (Lipinski definition) is 2. The van der Waals surface area contributed by atoms with Crippen molar-refractivity contribution in [2.24, 2.45) is 31.9 Å². The monoisotopic (exact) mass is 298 g/mol. The zero-order valence-corrected chi connectivity index (χ0v) is 11.5. The average Bonchev–Trinajstić information content (AvgIpc) is 2.53. The molecule has 0 atom stereocenters. The Labute approximate surface area is 126 Å². The molecule has 0 aliphatic carbocycles. The third-order valence-corrected chi connectivity index (χ3v) is 2.04. The summed E-state index contributed by atoms with van der Waals surface area (Å²) in [6, 6.07) is 16.3. The minimum Gasteiger partial charge on any atom is -0.348 e. The van der Waals surface area contributed by atoms with Crippen LogP contribution in [0.3, 0.4) is 0 Å². The Morgan fingerprint density at radius 1 is 0.636 bits per heavy atom. The second kappa shape index (κ2) is 9.48. The molecule has 0 aromatic heterocycles. The van der Waals surface area contributed by atoms with E-state index in [4.69, 9.17) is 11.5 Å². The van der Waals surface area contributed by atoms with Gasteiger partial charge in [-0.05, 0) is 24.3 Å². The zero-order chi connectivity index (χ0) is 16.2. The molecule has 2 rings (SSSR count). The SMILES string of the molecule is NC(=O)N=Nc1ccccc1.NC(=O)N=Nc1ccccc1. The van der Waals surface area contributed by atoms with Gasteiger partial charge in [-0.25, -0.2) is 9.59 Å². The minimum absolute atomic E-state index is 0.617. The van der Waals surface area contributed by atoms with Gasteiger partial charge in [0.2, 0.25) is 0 Å². The van der Waals surface area contributed by atoms with Crippen molar-refractivity contribution < 1.29 is 9.59 Å². The van der Waals surface area contributed by atoms with E-state index in [-0.39, 0.29) is 0 Å². The molecule has 0 unspecified atom stereocenters. The van der Waals surface area contributed by atoms with E-state index in [0.29, 0.717) is 11.4 Å². The minimum atomic E-state index is -0.783.